The summed E-state index contributed by atoms with van der Waals surface area (Å²) in [7, 11) is 2.09. The van der Waals surface area contributed by atoms with Crippen molar-refractivity contribution >= 4 is 17.3 Å². The Morgan fingerprint density at radius 3 is 2.41 bits per heavy atom. The number of rotatable bonds is 7. The average Bonchev–Trinajstić information content (AvgIpc) is 2.85. The molecule has 2 N–H and O–H groups in total. The zero-order chi connectivity index (χ0) is 22.3. The van der Waals surface area contributed by atoms with Gasteiger partial charge in [0.25, 0.3) is 5.91 Å². The van der Waals surface area contributed by atoms with Gasteiger partial charge in [0, 0.05) is 35.6 Å². The minimum absolute atomic E-state index is 0.0229. The van der Waals surface area contributed by atoms with E-state index in [1.165, 1.54) is 11.3 Å². The van der Waals surface area contributed by atoms with Crippen molar-refractivity contribution in [1.82, 2.24) is 0 Å². The first-order valence-electron chi connectivity index (χ1n) is 11.3. The maximum Gasteiger partial charge on any atom is 0.282 e. The van der Waals surface area contributed by atoms with Crippen LogP contribution in [0.4, 0.5) is 11.4 Å². The second-order valence-corrected chi connectivity index (χ2v) is 8.37. The Morgan fingerprint density at radius 2 is 1.62 bits per heavy atom. The lowest BCUT2D eigenvalue weighted by atomic mass is 10.0. The molecular weight excluding hydrogens is 398 g/mol. The number of benzene rings is 3. The van der Waals surface area contributed by atoms with Crippen molar-refractivity contribution in [3.63, 3.8) is 0 Å². The summed E-state index contributed by atoms with van der Waals surface area (Å²) < 4.78 is 5.51. The van der Waals surface area contributed by atoms with Crippen molar-refractivity contribution in [3.8, 4) is 11.1 Å². The highest BCUT2D eigenvalue weighted by molar-refractivity contribution is 5.97. The predicted octanol–water partition coefficient (Wildman–Crippen LogP) is 3.23. The number of ether oxygens (including phenoxy) is 1. The van der Waals surface area contributed by atoms with Gasteiger partial charge >= 0.3 is 0 Å². The summed E-state index contributed by atoms with van der Waals surface area (Å²) in [4.78, 5) is 16.7. The highest BCUT2D eigenvalue weighted by Gasteiger charge is 2.24. The molecule has 0 radical (unpaired) electrons. The van der Waals surface area contributed by atoms with Gasteiger partial charge in [-0.15, -0.1) is 0 Å². The Bertz CT molecular complexity index is 1030. The van der Waals surface area contributed by atoms with Gasteiger partial charge in [-0.1, -0.05) is 66.7 Å². The molecule has 1 amide bonds. The van der Waals surface area contributed by atoms with Crippen molar-refractivity contribution in [3.05, 3.63) is 84.4 Å². The molecule has 1 aliphatic rings. The molecule has 0 aliphatic carbocycles. The average molecular weight is 431 g/mol. The van der Waals surface area contributed by atoms with E-state index in [1.54, 1.807) is 0 Å². The van der Waals surface area contributed by atoms with Crippen LogP contribution in [-0.2, 0) is 16.1 Å². The second-order valence-electron chi connectivity index (χ2n) is 8.37. The molecule has 166 valence electrons. The first kappa shape index (κ1) is 22.1. The van der Waals surface area contributed by atoms with Gasteiger partial charge in [-0.2, -0.15) is 0 Å². The van der Waals surface area contributed by atoms with Crippen molar-refractivity contribution < 1.29 is 14.4 Å². The van der Waals surface area contributed by atoms with Crippen molar-refractivity contribution in [2.24, 2.45) is 0 Å². The van der Waals surface area contributed by atoms with E-state index in [1.807, 2.05) is 49.4 Å². The van der Waals surface area contributed by atoms with Crippen molar-refractivity contribution in [2.45, 2.75) is 19.5 Å². The van der Waals surface area contributed by atoms with E-state index >= 15 is 0 Å². The van der Waals surface area contributed by atoms with Crippen LogP contribution < -0.4 is 15.1 Å². The zero-order valence-corrected chi connectivity index (χ0v) is 18.9. The number of amides is 1. The van der Waals surface area contributed by atoms with Crippen LogP contribution in [0.5, 0.6) is 0 Å². The van der Waals surface area contributed by atoms with E-state index in [9.17, 15) is 4.79 Å². The monoisotopic (exact) mass is 430 g/mol. The fraction of sp³-hybridized carbons (Fsp3) is 0.296. The van der Waals surface area contributed by atoms with Crippen LogP contribution in [-0.4, -0.2) is 45.3 Å². The molecule has 0 spiro atoms. The third-order valence-electron chi connectivity index (χ3n) is 6.21. The highest BCUT2D eigenvalue weighted by atomic mass is 16.5. The summed E-state index contributed by atoms with van der Waals surface area (Å²) in [5, 5.41) is 3.17. The van der Waals surface area contributed by atoms with Gasteiger partial charge in [-0.05, 0) is 24.6 Å². The summed E-state index contributed by atoms with van der Waals surface area (Å²) in [6.07, 6.45) is 0. The third kappa shape index (κ3) is 5.18. The molecule has 1 heterocycles. The standard InChI is InChI=1S/C27H31N3O2/c1-21(27(31)28-25-14-8-7-13-24(25)22-10-4-3-5-11-22)29(2)20-23-12-6-9-15-26(23)30-16-18-32-19-17-30/h3-15,21H,16-20H2,1-2H3,(H,28,31)/p+1/t21-/m1/s1. The summed E-state index contributed by atoms with van der Waals surface area (Å²) in [5.74, 6) is 0.0229. The number of morpholine rings is 1. The van der Waals surface area contributed by atoms with E-state index in [-0.39, 0.29) is 11.9 Å². The predicted molar refractivity (Wildman–Crippen MR) is 130 cm³/mol. The van der Waals surface area contributed by atoms with Crippen molar-refractivity contribution in [2.75, 3.05) is 43.6 Å². The second kappa shape index (κ2) is 10.4. The maximum absolute atomic E-state index is 13.2. The van der Waals surface area contributed by atoms with Gasteiger partial charge in [0.1, 0.15) is 6.54 Å². The Kier molecular flexibility index (Phi) is 7.20. The van der Waals surface area contributed by atoms with Crippen LogP contribution >= 0.6 is 0 Å². The van der Waals surface area contributed by atoms with Gasteiger partial charge in [0.15, 0.2) is 6.04 Å². The molecule has 3 aromatic carbocycles. The molecule has 4 rings (SSSR count). The number of para-hydroxylation sites is 2. The summed E-state index contributed by atoms with van der Waals surface area (Å²) in [5.41, 5.74) is 5.48. The molecule has 1 aliphatic heterocycles. The van der Waals surface area contributed by atoms with Gasteiger partial charge in [0.2, 0.25) is 0 Å². The van der Waals surface area contributed by atoms with Crippen molar-refractivity contribution in [1.29, 1.82) is 0 Å². The fourth-order valence-electron chi connectivity index (χ4n) is 4.15. The van der Waals surface area contributed by atoms with Gasteiger partial charge in [-0.3, -0.25) is 4.79 Å². The Balaban J connectivity index is 1.46. The lowest BCUT2D eigenvalue weighted by Crippen LogP contribution is -3.12. The molecule has 5 heteroatoms. The number of anilines is 2. The lowest BCUT2D eigenvalue weighted by molar-refractivity contribution is -0.907. The molecule has 32 heavy (non-hydrogen) atoms. The number of quaternary nitrogens is 1. The van der Waals surface area contributed by atoms with E-state index in [2.05, 4.69) is 53.7 Å². The Labute approximate surface area is 190 Å². The maximum atomic E-state index is 13.2. The largest absolute Gasteiger partial charge is 0.378 e. The molecule has 1 unspecified atom stereocenters. The Hall–Kier alpha value is -3.15. The van der Waals surface area contributed by atoms with Crippen LogP contribution in [0.2, 0.25) is 0 Å². The molecule has 0 bridgehead atoms. The molecule has 0 aromatic heterocycles. The van der Waals surface area contributed by atoms with Crippen LogP contribution in [0, 0.1) is 0 Å². The number of hydrogen-bond acceptors (Lipinski definition) is 3. The number of carbonyl (C=O) groups excluding carboxylic acids is 1. The molecule has 2 atom stereocenters. The molecule has 1 fully saturated rings. The van der Waals surface area contributed by atoms with Gasteiger partial charge in [0.05, 0.1) is 20.3 Å². The minimum Gasteiger partial charge on any atom is -0.378 e. The number of nitrogens with zero attached hydrogens (tertiary/aromatic N) is 1. The van der Waals surface area contributed by atoms with Crippen LogP contribution in [0.1, 0.15) is 12.5 Å². The number of carbonyl (C=O) groups is 1. The van der Waals surface area contributed by atoms with Gasteiger partial charge in [-0.25, -0.2) is 0 Å². The normalized spacial score (nSPS) is 15.8. The van der Waals surface area contributed by atoms with Crippen LogP contribution in [0.25, 0.3) is 11.1 Å². The van der Waals surface area contributed by atoms with Crippen LogP contribution in [0.15, 0.2) is 78.9 Å². The smallest absolute Gasteiger partial charge is 0.282 e. The summed E-state index contributed by atoms with van der Waals surface area (Å²) in [6, 6.07) is 26.4. The molecule has 3 aromatic rings. The SMILES string of the molecule is C[C@H](C(=O)Nc1ccccc1-c1ccccc1)[NH+](C)Cc1ccccc1N1CCOCC1. The van der Waals surface area contributed by atoms with E-state index in [4.69, 9.17) is 4.74 Å². The first-order valence-corrected chi connectivity index (χ1v) is 11.3. The third-order valence-corrected chi connectivity index (χ3v) is 6.21. The molecule has 1 saturated heterocycles. The van der Waals surface area contributed by atoms with Gasteiger partial charge < -0.3 is 19.9 Å². The number of hydrogen-bond donors (Lipinski definition) is 2. The molecule has 0 saturated carbocycles. The highest BCUT2D eigenvalue weighted by Crippen LogP contribution is 2.27. The van der Waals surface area contributed by atoms with E-state index in [0.717, 1.165) is 54.6 Å². The molecule has 5 nitrogen and oxygen atoms in total. The Morgan fingerprint density at radius 1 is 0.969 bits per heavy atom. The topological polar surface area (TPSA) is 46.0 Å². The summed E-state index contributed by atoms with van der Waals surface area (Å²) in [6.45, 7) is 6.10. The fourth-order valence-corrected chi connectivity index (χ4v) is 4.15. The van der Waals surface area contributed by atoms with Crippen LogP contribution in [0.3, 0.4) is 0 Å². The zero-order valence-electron chi connectivity index (χ0n) is 18.9. The number of likely N-dealkylation sites (N-methyl/N-ethyl adjacent to an activating group) is 1. The first-order chi connectivity index (χ1) is 15.6. The quantitative estimate of drug-likeness (QED) is 0.605. The minimum atomic E-state index is -0.198. The molecular formula is C27H32N3O2+. The number of nitrogens with one attached hydrogen (secondary N) is 2. The lowest BCUT2D eigenvalue weighted by Gasteiger charge is -2.31. The summed E-state index contributed by atoms with van der Waals surface area (Å²) >= 11 is 0. The van der Waals surface area contributed by atoms with E-state index in [0.29, 0.717) is 0 Å². The van der Waals surface area contributed by atoms with E-state index < -0.39 is 0 Å².